The second-order valence-corrected chi connectivity index (χ2v) is 7.21. The Kier molecular flexibility index (Phi) is 5.11. The number of hydrogen-bond donors (Lipinski definition) is 1. The molecule has 0 bridgehead atoms. The molecule has 0 saturated carbocycles. The van der Waals surface area contributed by atoms with Gasteiger partial charge in [-0.3, -0.25) is 4.79 Å². The molecule has 1 aliphatic rings. The summed E-state index contributed by atoms with van der Waals surface area (Å²) in [5, 5.41) is 0. The van der Waals surface area contributed by atoms with Gasteiger partial charge in [0.15, 0.2) is 0 Å². The lowest BCUT2D eigenvalue weighted by Gasteiger charge is -2.25. The first-order valence-electron chi connectivity index (χ1n) is 9.03. The molecule has 1 aromatic carbocycles. The zero-order valence-corrected chi connectivity index (χ0v) is 15.9. The van der Waals surface area contributed by atoms with Crippen LogP contribution in [0.25, 0.3) is 0 Å². The van der Waals surface area contributed by atoms with Gasteiger partial charge in [-0.05, 0) is 43.9 Å². The largest absolute Gasteiger partial charge is 0.373 e. The summed E-state index contributed by atoms with van der Waals surface area (Å²) in [6.45, 7) is 7.47. The second-order valence-electron chi connectivity index (χ2n) is 7.21. The van der Waals surface area contributed by atoms with Crippen molar-refractivity contribution >= 4 is 17.3 Å². The number of rotatable bonds is 3. The molecule has 1 atom stereocenters. The van der Waals surface area contributed by atoms with E-state index in [-0.39, 0.29) is 11.6 Å². The van der Waals surface area contributed by atoms with Gasteiger partial charge >= 0.3 is 5.69 Å². The summed E-state index contributed by atoms with van der Waals surface area (Å²) in [6.07, 6.45) is 0.962. The summed E-state index contributed by atoms with van der Waals surface area (Å²) in [5.41, 5.74) is 4.16. The lowest BCUT2D eigenvalue weighted by Crippen LogP contribution is -2.35. The number of fused-ring (bicyclic) bond motifs is 1. The van der Waals surface area contributed by atoms with Gasteiger partial charge < -0.3 is 14.8 Å². The Labute approximate surface area is 153 Å². The number of carbonyl (C=O) groups excluding carboxylic acids is 1. The molecule has 1 aliphatic heterocycles. The molecule has 2 aromatic rings. The summed E-state index contributed by atoms with van der Waals surface area (Å²) < 4.78 is 0. The third-order valence-corrected chi connectivity index (χ3v) is 5.01. The Morgan fingerprint density at radius 1 is 1.23 bits per heavy atom. The van der Waals surface area contributed by atoms with Crippen LogP contribution in [0.1, 0.15) is 30.3 Å². The molecular weight excluding hydrogens is 328 g/mol. The Morgan fingerprint density at radius 2 is 1.92 bits per heavy atom. The number of carbonyl (C=O) groups is 1. The van der Waals surface area contributed by atoms with Gasteiger partial charge in [0.05, 0.1) is 11.4 Å². The number of amides is 1. The van der Waals surface area contributed by atoms with Crippen molar-refractivity contribution in [3.05, 3.63) is 51.7 Å². The zero-order chi connectivity index (χ0) is 18.8. The summed E-state index contributed by atoms with van der Waals surface area (Å²) >= 11 is 0. The third-order valence-electron chi connectivity index (χ3n) is 5.01. The number of aromatic nitrogens is 2. The maximum absolute atomic E-state index is 13.0. The lowest BCUT2D eigenvalue weighted by molar-refractivity contribution is -0.118. The van der Waals surface area contributed by atoms with Gasteiger partial charge in [0.2, 0.25) is 5.91 Å². The van der Waals surface area contributed by atoms with E-state index in [0.717, 1.165) is 29.2 Å². The van der Waals surface area contributed by atoms with Crippen LogP contribution in [0.15, 0.2) is 29.1 Å². The molecule has 0 fully saturated rings. The summed E-state index contributed by atoms with van der Waals surface area (Å²) in [7, 11) is 2.07. The number of hydrogen-bond acceptors (Lipinski definition) is 4. The Hall–Kier alpha value is -2.63. The molecule has 0 spiro atoms. The van der Waals surface area contributed by atoms with E-state index in [1.165, 1.54) is 0 Å². The number of aromatic amines is 1. The molecule has 0 aliphatic carbocycles. The number of anilines is 2. The van der Waals surface area contributed by atoms with Crippen LogP contribution in [-0.4, -0.2) is 36.0 Å². The van der Waals surface area contributed by atoms with E-state index in [1.54, 1.807) is 0 Å². The van der Waals surface area contributed by atoms with Crippen LogP contribution in [0.4, 0.5) is 11.4 Å². The zero-order valence-electron chi connectivity index (χ0n) is 15.9. The van der Waals surface area contributed by atoms with E-state index in [1.807, 2.05) is 36.9 Å². The highest BCUT2D eigenvalue weighted by Crippen LogP contribution is 2.33. The van der Waals surface area contributed by atoms with E-state index in [9.17, 15) is 9.59 Å². The fourth-order valence-electron chi connectivity index (χ4n) is 3.78. The van der Waals surface area contributed by atoms with Crippen molar-refractivity contribution in [3.63, 3.8) is 0 Å². The van der Waals surface area contributed by atoms with Crippen LogP contribution in [0, 0.1) is 19.8 Å². The number of benzene rings is 1. The molecule has 0 radical (unpaired) electrons. The molecule has 1 N–H and O–H groups in total. The average Bonchev–Trinajstić information content (AvgIpc) is 2.70. The highest BCUT2D eigenvalue weighted by atomic mass is 16.2. The highest BCUT2D eigenvalue weighted by Gasteiger charge is 2.26. The minimum Gasteiger partial charge on any atom is -0.373 e. The SMILES string of the molecule is Cc1nc(=O)[nH]c(C)c1CCC(=O)N1C[C@@H](C)CN(C)c2ccccc21. The van der Waals surface area contributed by atoms with Gasteiger partial charge in [0, 0.05) is 37.9 Å². The molecule has 0 unspecified atom stereocenters. The quantitative estimate of drug-likeness (QED) is 0.919. The fraction of sp³-hybridized carbons (Fsp3) is 0.450. The number of para-hydroxylation sites is 2. The Morgan fingerprint density at radius 3 is 2.62 bits per heavy atom. The molecule has 6 heteroatoms. The van der Waals surface area contributed by atoms with Crippen molar-refractivity contribution in [3.8, 4) is 0 Å². The minimum absolute atomic E-state index is 0.101. The number of nitrogens with zero attached hydrogens (tertiary/aromatic N) is 3. The summed E-state index contributed by atoms with van der Waals surface area (Å²) in [6, 6.07) is 8.06. The minimum atomic E-state index is -0.339. The first-order chi connectivity index (χ1) is 12.4. The van der Waals surface area contributed by atoms with Crippen LogP contribution in [0.3, 0.4) is 0 Å². The fourth-order valence-corrected chi connectivity index (χ4v) is 3.78. The van der Waals surface area contributed by atoms with Crippen molar-refractivity contribution in [2.24, 2.45) is 5.92 Å². The molecule has 26 heavy (non-hydrogen) atoms. The van der Waals surface area contributed by atoms with Gasteiger partial charge in [0.25, 0.3) is 0 Å². The van der Waals surface area contributed by atoms with Crippen LogP contribution >= 0.6 is 0 Å². The predicted molar refractivity (Wildman–Crippen MR) is 104 cm³/mol. The van der Waals surface area contributed by atoms with E-state index < -0.39 is 0 Å². The molecule has 2 heterocycles. The molecular formula is C20H26N4O2. The standard InChI is InChI=1S/C20H26N4O2/c1-13-11-23(4)17-7-5-6-8-18(17)24(12-13)19(25)10-9-16-14(2)21-20(26)22-15(16)3/h5-8,13H,9-12H2,1-4H3,(H,21,22,26)/t13-/m0/s1. The molecule has 6 nitrogen and oxygen atoms in total. The van der Waals surface area contributed by atoms with Crippen molar-refractivity contribution in [1.29, 1.82) is 0 Å². The van der Waals surface area contributed by atoms with E-state index in [0.29, 0.717) is 31.0 Å². The number of nitrogens with one attached hydrogen (secondary N) is 1. The predicted octanol–water partition coefficient (Wildman–Crippen LogP) is 2.44. The third kappa shape index (κ3) is 3.64. The Balaban J connectivity index is 1.83. The van der Waals surface area contributed by atoms with Crippen LogP contribution < -0.4 is 15.5 Å². The molecule has 1 aromatic heterocycles. The first kappa shape index (κ1) is 18.2. The monoisotopic (exact) mass is 354 g/mol. The normalized spacial score (nSPS) is 17.0. The Bertz CT molecular complexity index is 848. The second kappa shape index (κ2) is 7.32. The smallest absolute Gasteiger partial charge is 0.345 e. The van der Waals surface area contributed by atoms with Crippen LogP contribution in [-0.2, 0) is 11.2 Å². The van der Waals surface area contributed by atoms with Gasteiger partial charge in [0.1, 0.15) is 0 Å². The molecule has 1 amide bonds. The highest BCUT2D eigenvalue weighted by molar-refractivity contribution is 5.97. The maximum Gasteiger partial charge on any atom is 0.345 e. The molecule has 0 saturated heterocycles. The van der Waals surface area contributed by atoms with Crippen molar-refractivity contribution < 1.29 is 4.79 Å². The van der Waals surface area contributed by atoms with E-state index >= 15 is 0 Å². The van der Waals surface area contributed by atoms with E-state index in [2.05, 4.69) is 34.9 Å². The maximum atomic E-state index is 13.0. The van der Waals surface area contributed by atoms with Gasteiger partial charge in [-0.2, -0.15) is 4.98 Å². The average molecular weight is 354 g/mol. The topological polar surface area (TPSA) is 69.3 Å². The van der Waals surface area contributed by atoms with Crippen LogP contribution in [0.5, 0.6) is 0 Å². The van der Waals surface area contributed by atoms with Crippen LogP contribution in [0.2, 0.25) is 0 Å². The summed E-state index contributed by atoms with van der Waals surface area (Å²) in [4.78, 5) is 35.3. The van der Waals surface area contributed by atoms with E-state index in [4.69, 9.17) is 0 Å². The van der Waals surface area contributed by atoms with Crippen molar-refractivity contribution in [1.82, 2.24) is 9.97 Å². The lowest BCUT2D eigenvalue weighted by atomic mass is 10.1. The van der Waals surface area contributed by atoms with Crippen molar-refractivity contribution in [2.45, 2.75) is 33.6 Å². The van der Waals surface area contributed by atoms with Crippen molar-refractivity contribution in [2.75, 3.05) is 29.9 Å². The summed E-state index contributed by atoms with van der Waals surface area (Å²) in [5.74, 6) is 0.485. The molecule has 138 valence electrons. The molecule has 3 rings (SSSR count). The number of H-pyrrole nitrogens is 1. The van der Waals surface area contributed by atoms with Gasteiger partial charge in [-0.25, -0.2) is 4.79 Å². The van der Waals surface area contributed by atoms with Gasteiger partial charge in [-0.15, -0.1) is 0 Å². The first-order valence-corrected chi connectivity index (χ1v) is 9.03. The number of aryl methyl sites for hydroxylation is 2. The van der Waals surface area contributed by atoms with Gasteiger partial charge in [-0.1, -0.05) is 19.1 Å².